The Hall–Kier alpha value is -3.54. The number of phenolic OH excluding ortho intramolecular Hbond substituents is 1. The second kappa shape index (κ2) is 8.86. The quantitative estimate of drug-likeness (QED) is 0.404. The van der Waals surface area contributed by atoms with Gasteiger partial charge in [0, 0.05) is 43.9 Å². The number of rotatable bonds is 6. The molecule has 4 rings (SSSR count). The predicted molar refractivity (Wildman–Crippen MR) is 110 cm³/mol. The van der Waals surface area contributed by atoms with Gasteiger partial charge < -0.3 is 19.6 Å². The predicted octanol–water partition coefficient (Wildman–Crippen LogP) is 1.37. The van der Waals surface area contributed by atoms with Crippen LogP contribution in [0.4, 0.5) is 23.5 Å². The first-order chi connectivity index (χ1) is 14.6. The van der Waals surface area contributed by atoms with Gasteiger partial charge in [-0.2, -0.15) is 20.1 Å². The molecule has 12 heteroatoms. The van der Waals surface area contributed by atoms with Gasteiger partial charge in [-0.05, 0) is 18.9 Å². The van der Waals surface area contributed by atoms with Crippen LogP contribution in [-0.4, -0.2) is 70.6 Å². The number of anilines is 3. The largest absolute Gasteiger partial charge is 0.507 e. The molecule has 0 atom stereocenters. The fourth-order valence-corrected chi connectivity index (χ4v) is 3.29. The van der Waals surface area contributed by atoms with Gasteiger partial charge in [0.1, 0.15) is 5.75 Å². The maximum absolute atomic E-state index is 10.9. The number of non-ortho nitro benzene ring substituents is 1. The molecule has 2 saturated heterocycles. The van der Waals surface area contributed by atoms with E-state index in [9.17, 15) is 15.2 Å². The number of nitrogens with zero attached hydrogens (tertiary/aromatic N) is 7. The lowest BCUT2D eigenvalue weighted by Crippen LogP contribution is -2.38. The number of hydrazone groups is 1. The van der Waals surface area contributed by atoms with E-state index in [-0.39, 0.29) is 22.9 Å². The van der Waals surface area contributed by atoms with Crippen LogP contribution in [0.1, 0.15) is 18.4 Å². The van der Waals surface area contributed by atoms with Crippen molar-refractivity contribution in [2.24, 2.45) is 5.10 Å². The molecular formula is C18H22N8O4. The minimum absolute atomic E-state index is 0.117. The molecule has 0 bridgehead atoms. The Morgan fingerprint density at radius 2 is 1.77 bits per heavy atom. The molecule has 1 aromatic heterocycles. The number of aromatic nitrogens is 3. The molecule has 2 aliphatic heterocycles. The number of morpholine rings is 1. The van der Waals surface area contributed by atoms with Crippen LogP contribution in [0.2, 0.25) is 0 Å². The zero-order valence-corrected chi connectivity index (χ0v) is 16.3. The Morgan fingerprint density at radius 3 is 2.43 bits per heavy atom. The number of aromatic hydroxyl groups is 1. The van der Waals surface area contributed by atoms with Crippen molar-refractivity contribution in [2.45, 2.75) is 12.8 Å². The van der Waals surface area contributed by atoms with Crippen LogP contribution in [0.5, 0.6) is 5.75 Å². The molecule has 2 aliphatic rings. The van der Waals surface area contributed by atoms with Crippen LogP contribution in [-0.2, 0) is 4.74 Å². The minimum atomic E-state index is -0.535. The lowest BCUT2D eigenvalue weighted by molar-refractivity contribution is -0.384. The standard InChI is InChI=1S/C18H22N8O4/c27-15-4-3-14(26(28)29)11-13(15)12-19-23-16-20-17(24-5-1-2-6-24)22-18(21-16)25-7-9-30-10-8-25/h3-4,11-12,27H,1-2,5-10H2,(H,20,21,22,23). The topological polar surface area (TPSA) is 142 Å². The number of nitro benzene ring substituents is 1. The maximum atomic E-state index is 10.9. The smallest absolute Gasteiger partial charge is 0.270 e. The molecule has 12 nitrogen and oxygen atoms in total. The monoisotopic (exact) mass is 414 g/mol. The van der Waals surface area contributed by atoms with E-state index in [0.29, 0.717) is 38.2 Å². The highest BCUT2D eigenvalue weighted by atomic mass is 16.6. The number of nitrogens with one attached hydrogen (secondary N) is 1. The zero-order valence-electron chi connectivity index (χ0n) is 16.3. The van der Waals surface area contributed by atoms with Crippen molar-refractivity contribution in [1.29, 1.82) is 0 Å². The van der Waals surface area contributed by atoms with Gasteiger partial charge >= 0.3 is 0 Å². The molecule has 2 fully saturated rings. The van der Waals surface area contributed by atoms with Crippen LogP contribution in [0.15, 0.2) is 23.3 Å². The first kappa shape index (κ1) is 19.8. The summed E-state index contributed by atoms with van der Waals surface area (Å²) in [4.78, 5) is 28.1. The van der Waals surface area contributed by atoms with Crippen molar-refractivity contribution in [1.82, 2.24) is 15.0 Å². The summed E-state index contributed by atoms with van der Waals surface area (Å²) in [6.45, 7) is 4.37. The SMILES string of the molecule is O=[N+]([O-])c1ccc(O)c(C=NNc2nc(N3CCCC3)nc(N3CCOCC3)n2)c1. The summed E-state index contributed by atoms with van der Waals surface area (Å²) in [6, 6.07) is 3.72. The van der Waals surface area contributed by atoms with Gasteiger partial charge in [0.05, 0.1) is 24.4 Å². The summed E-state index contributed by atoms with van der Waals surface area (Å²) in [5, 5.41) is 24.9. The third-order valence-electron chi connectivity index (χ3n) is 4.88. The first-order valence-corrected chi connectivity index (χ1v) is 9.70. The Bertz CT molecular complexity index is 942. The molecular weight excluding hydrogens is 392 g/mol. The molecule has 3 heterocycles. The molecule has 0 unspecified atom stereocenters. The zero-order chi connectivity index (χ0) is 20.9. The van der Waals surface area contributed by atoms with Crippen LogP contribution in [0, 0.1) is 10.1 Å². The summed E-state index contributed by atoms with van der Waals surface area (Å²) >= 11 is 0. The van der Waals surface area contributed by atoms with Crippen molar-refractivity contribution >= 4 is 29.7 Å². The molecule has 158 valence electrons. The van der Waals surface area contributed by atoms with Crippen LogP contribution in [0.3, 0.4) is 0 Å². The Morgan fingerprint density at radius 1 is 1.10 bits per heavy atom. The van der Waals surface area contributed by atoms with Crippen molar-refractivity contribution in [3.63, 3.8) is 0 Å². The number of ether oxygens (including phenoxy) is 1. The van der Waals surface area contributed by atoms with E-state index < -0.39 is 4.92 Å². The number of benzene rings is 1. The van der Waals surface area contributed by atoms with E-state index in [1.54, 1.807) is 0 Å². The van der Waals surface area contributed by atoms with Gasteiger partial charge in [0.2, 0.25) is 17.8 Å². The van der Waals surface area contributed by atoms with Gasteiger partial charge in [-0.3, -0.25) is 10.1 Å². The van der Waals surface area contributed by atoms with Crippen molar-refractivity contribution in [2.75, 3.05) is 54.6 Å². The normalized spacial score (nSPS) is 16.9. The molecule has 2 N–H and O–H groups in total. The lowest BCUT2D eigenvalue weighted by Gasteiger charge is -2.27. The number of hydrogen-bond acceptors (Lipinski definition) is 11. The van der Waals surface area contributed by atoms with Gasteiger partial charge in [0.15, 0.2) is 0 Å². The highest BCUT2D eigenvalue weighted by Crippen LogP contribution is 2.22. The Labute approximate surface area is 172 Å². The third kappa shape index (κ3) is 4.54. The van der Waals surface area contributed by atoms with Crippen LogP contribution < -0.4 is 15.2 Å². The van der Waals surface area contributed by atoms with E-state index in [1.807, 2.05) is 4.90 Å². The highest BCUT2D eigenvalue weighted by molar-refractivity contribution is 5.84. The van der Waals surface area contributed by atoms with Crippen molar-refractivity contribution in [3.05, 3.63) is 33.9 Å². The van der Waals surface area contributed by atoms with Crippen LogP contribution >= 0.6 is 0 Å². The second-order valence-electron chi connectivity index (χ2n) is 6.92. The number of phenols is 1. The summed E-state index contributed by atoms with van der Waals surface area (Å²) < 4.78 is 5.40. The van der Waals surface area contributed by atoms with Gasteiger partial charge in [0.25, 0.3) is 5.69 Å². The number of hydrogen-bond donors (Lipinski definition) is 2. The fraction of sp³-hybridized carbons (Fsp3) is 0.444. The Balaban J connectivity index is 1.56. The van der Waals surface area contributed by atoms with Gasteiger partial charge in [-0.15, -0.1) is 0 Å². The summed E-state index contributed by atoms with van der Waals surface area (Å²) in [5.74, 6) is 1.27. The van der Waals surface area contributed by atoms with Gasteiger partial charge in [-0.1, -0.05) is 0 Å². The summed E-state index contributed by atoms with van der Waals surface area (Å²) in [6.07, 6.45) is 3.47. The minimum Gasteiger partial charge on any atom is -0.507 e. The van der Waals surface area contributed by atoms with E-state index in [1.165, 1.54) is 24.4 Å². The van der Waals surface area contributed by atoms with Crippen molar-refractivity contribution in [3.8, 4) is 5.75 Å². The summed E-state index contributed by atoms with van der Waals surface area (Å²) in [5.41, 5.74) is 2.82. The van der Waals surface area contributed by atoms with E-state index in [4.69, 9.17) is 4.74 Å². The van der Waals surface area contributed by atoms with E-state index >= 15 is 0 Å². The number of nitro groups is 1. The second-order valence-corrected chi connectivity index (χ2v) is 6.92. The molecule has 2 aromatic rings. The van der Waals surface area contributed by atoms with E-state index in [0.717, 1.165) is 25.9 Å². The molecule has 0 amide bonds. The molecule has 1 aromatic carbocycles. The average molecular weight is 414 g/mol. The fourth-order valence-electron chi connectivity index (χ4n) is 3.29. The highest BCUT2D eigenvalue weighted by Gasteiger charge is 2.21. The van der Waals surface area contributed by atoms with Crippen LogP contribution in [0.25, 0.3) is 0 Å². The first-order valence-electron chi connectivity index (χ1n) is 9.70. The lowest BCUT2D eigenvalue weighted by atomic mass is 10.2. The molecule has 0 aliphatic carbocycles. The molecule has 0 spiro atoms. The van der Waals surface area contributed by atoms with Gasteiger partial charge in [-0.25, -0.2) is 5.43 Å². The molecule has 0 radical (unpaired) electrons. The average Bonchev–Trinajstić information content (AvgIpc) is 3.30. The Kier molecular flexibility index (Phi) is 5.84. The van der Waals surface area contributed by atoms with Crippen molar-refractivity contribution < 1.29 is 14.8 Å². The molecule has 0 saturated carbocycles. The summed E-state index contributed by atoms with van der Waals surface area (Å²) in [7, 11) is 0. The maximum Gasteiger partial charge on any atom is 0.270 e. The van der Waals surface area contributed by atoms with E-state index in [2.05, 4.69) is 30.4 Å². The molecule has 30 heavy (non-hydrogen) atoms. The third-order valence-corrected chi connectivity index (χ3v) is 4.88.